The number of hydrogen-bond acceptors (Lipinski definition) is 2. The number of rotatable bonds is 5. The predicted molar refractivity (Wildman–Crippen MR) is 88.1 cm³/mol. The lowest BCUT2D eigenvalue weighted by molar-refractivity contribution is 0.143. The standard InChI is InChI=1S/C18H36N2/c1-5-12-20-13-8-16(9-14-20)15(2)19-17-6-10-18(3,4)11-7-17/h15-17,19H,5-14H2,1-4H3. The van der Waals surface area contributed by atoms with Crippen LogP contribution in [0.4, 0.5) is 0 Å². The average Bonchev–Trinajstić information content (AvgIpc) is 2.42. The van der Waals surface area contributed by atoms with Crippen LogP contribution in [0.15, 0.2) is 0 Å². The fourth-order valence-electron chi connectivity index (χ4n) is 4.07. The van der Waals surface area contributed by atoms with Gasteiger partial charge in [-0.1, -0.05) is 20.8 Å². The maximum atomic E-state index is 3.95. The summed E-state index contributed by atoms with van der Waals surface area (Å²) in [5.74, 6) is 0.901. The van der Waals surface area contributed by atoms with Gasteiger partial charge in [0.1, 0.15) is 0 Å². The molecule has 1 aliphatic carbocycles. The van der Waals surface area contributed by atoms with Crippen LogP contribution >= 0.6 is 0 Å². The monoisotopic (exact) mass is 280 g/mol. The van der Waals surface area contributed by atoms with E-state index in [9.17, 15) is 0 Å². The van der Waals surface area contributed by atoms with Gasteiger partial charge in [0.05, 0.1) is 0 Å². The van der Waals surface area contributed by atoms with Gasteiger partial charge in [-0.15, -0.1) is 0 Å². The molecule has 0 spiro atoms. The summed E-state index contributed by atoms with van der Waals surface area (Å²) in [6.07, 6.45) is 9.64. The Morgan fingerprint density at radius 3 is 2.25 bits per heavy atom. The van der Waals surface area contributed by atoms with Crippen molar-refractivity contribution in [2.45, 2.75) is 84.7 Å². The highest BCUT2D eigenvalue weighted by atomic mass is 15.1. The fraction of sp³-hybridized carbons (Fsp3) is 1.00. The predicted octanol–water partition coefficient (Wildman–Crippen LogP) is 4.06. The van der Waals surface area contributed by atoms with Crippen LogP contribution in [0.5, 0.6) is 0 Å². The first-order valence-electron chi connectivity index (χ1n) is 8.98. The van der Waals surface area contributed by atoms with E-state index in [-0.39, 0.29) is 0 Å². The molecule has 1 aliphatic heterocycles. The van der Waals surface area contributed by atoms with E-state index in [2.05, 4.69) is 37.9 Å². The third-order valence-electron chi connectivity index (χ3n) is 5.72. The van der Waals surface area contributed by atoms with Crippen LogP contribution in [0.25, 0.3) is 0 Å². The summed E-state index contributed by atoms with van der Waals surface area (Å²) in [4.78, 5) is 2.65. The first-order chi connectivity index (χ1) is 9.50. The number of piperidine rings is 1. The minimum Gasteiger partial charge on any atom is -0.311 e. The molecule has 2 aliphatic rings. The summed E-state index contributed by atoms with van der Waals surface area (Å²) in [5, 5.41) is 3.95. The second-order valence-electron chi connectivity index (χ2n) is 8.07. The molecular weight excluding hydrogens is 244 g/mol. The Balaban J connectivity index is 1.69. The lowest BCUT2D eigenvalue weighted by atomic mass is 9.75. The van der Waals surface area contributed by atoms with Gasteiger partial charge in [0.2, 0.25) is 0 Å². The molecule has 2 nitrogen and oxygen atoms in total. The molecule has 1 N–H and O–H groups in total. The first kappa shape index (κ1) is 16.3. The number of hydrogen-bond donors (Lipinski definition) is 1. The van der Waals surface area contributed by atoms with Gasteiger partial charge in [0, 0.05) is 12.1 Å². The lowest BCUT2D eigenvalue weighted by Crippen LogP contribution is -2.47. The van der Waals surface area contributed by atoms with Gasteiger partial charge in [0.15, 0.2) is 0 Å². The van der Waals surface area contributed by atoms with Gasteiger partial charge in [-0.2, -0.15) is 0 Å². The number of nitrogens with zero attached hydrogens (tertiary/aromatic N) is 1. The molecule has 1 saturated carbocycles. The molecule has 1 atom stereocenters. The molecule has 0 bridgehead atoms. The molecule has 0 aromatic rings. The molecule has 0 aromatic heterocycles. The summed E-state index contributed by atoms with van der Waals surface area (Å²) in [5.41, 5.74) is 0.590. The van der Waals surface area contributed by atoms with Crippen molar-refractivity contribution in [3.8, 4) is 0 Å². The van der Waals surface area contributed by atoms with Crippen molar-refractivity contribution in [3.05, 3.63) is 0 Å². The van der Waals surface area contributed by atoms with E-state index in [4.69, 9.17) is 0 Å². The van der Waals surface area contributed by atoms with Gasteiger partial charge < -0.3 is 10.2 Å². The molecule has 2 rings (SSSR count). The Labute approximate surface area is 126 Å². The smallest absolute Gasteiger partial charge is 0.00705 e. The van der Waals surface area contributed by atoms with Crippen LogP contribution < -0.4 is 5.32 Å². The van der Waals surface area contributed by atoms with E-state index < -0.39 is 0 Å². The molecular formula is C18H36N2. The van der Waals surface area contributed by atoms with Crippen molar-refractivity contribution in [2.75, 3.05) is 19.6 Å². The SMILES string of the molecule is CCCN1CCC(C(C)NC2CCC(C)(C)CC2)CC1. The van der Waals surface area contributed by atoms with E-state index in [1.807, 2.05) is 0 Å². The van der Waals surface area contributed by atoms with E-state index in [1.165, 1.54) is 64.6 Å². The van der Waals surface area contributed by atoms with Crippen molar-refractivity contribution < 1.29 is 0 Å². The highest BCUT2D eigenvalue weighted by molar-refractivity contribution is 4.86. The van der Waals surface area contributed by atoms with Crippen LogP contribution in [0.2, 0.25) is 0 Å². The first-order valence-corrected chi connectivity index (χ1v) is 8.98. The maximum absolute atomic E-state index is 3.95. The zero-order valence-corrected chi connectivity index (χ0v) is 14.3. The summed E-state index contributed by atoms with van der Waals surface area (Å²) in [7, 11) is 0. The Morgan fingerprint density at radius 1 is 1.10 bits per heavy atom. The van der Waals surface area contributed by atoms with Gasteiger partial charge in [-0.05, 0) is 82.8 Å². The quantitative estimate of drug-likeness (QED) is 0.817. The summed E-state index contributed by atoms with van der Waals surface area (Å²) in [6, 6.07) is 1.50. The Morgan fingerprint density at radius 2 is 1.70 bits per heavy atom. The molecule has 0 aromatic carbocycles. The highest BCUT2D eigenvalue weighted by Crippen LogP contribution is 2.35. The fourth-order valence-corrected chi connectivity index (χ4v) is 4.07. The Kier molecular flexibility index (Phi) is 5.92. The van der Waals surface area contributed by atoms with Crippen molar-refractivity contribution in [3.63, 3.8) is 0 Å². The average molecular weight is 280 g/mol. The van der Waals surface area contributed by atoms with Crippen LogP contribution in [0, 0.1) is 11.3 Å². The molecule has 1 heterocycles. The second kappa shape index (κ2) is 7.26. The van der Waals surface area contributed by atoms with E-state index in [0.717, 1.165) is 12.0 Å². The molecule has 2 fully saturated rings. The van der Waals surface area contributed by atoms with Gasteiger partial charge in [-0.25, -0.2) is 0 Å². The molecule has 118 valence electrons. The van der Waals surface area contributed by atoms with Gasteiger partial charge >= 0.3 is 0 Å². The Bertz CT molecular complexity index is 269. The third kappa shape index (κ3) is 4.73. The number of likely N-dealkylation sites (tertiary alicyclic amines) is 1. The van der Waals surface area contributed by atoms with Gasteiger partial charge in [0.25, 0.3) is 0 Å². The zero-order valence-electron chi connectivity index (χ0n) is 14.3. The minimum absolute atomic E-state index is 0.590. The second-order valence-corrected chi connectivity index (χ2v) is 8.07. The molecule has 0 amide bonds. The molecule has 1 unspecified atom stereocenters. The lowest BCUT2D eigenvalue weighted by Gasteiger charge is -2.39. The molecule has 1 saturated heterocycles. The van der Waals surface area contributed by atoms with Crippen LogP contribution in [-0.4, -0.2) is 36.6 Å². The zero-order chi connectivity index (χ0) is 14.6. The Hall–Kier alpha value is -0.0800. The normalized spacial score (nSPS) is 27.6. The van der Waals surface area contributed by atoms with E-state index >= 15 is 0 Å². The van der Waals surface area contributed by atoms with E-state index in [0.29, 0.717) is 11.5 Å². The summed E-state index contributed by atoms with van der Waals surface area (Å²) < 4.78 is 0. The maximum Gasteiger partial charge on any atom is 0.00705 e. The van der Waals surface area contributed by atoms with E-state index in [1.54, 1.807) is 0 Å². The highest BCUT2D eigenvalue weighted by Gasteiger charge is 2.29. The van der Waals surface area contributed by atoms with Crippen molar-refractivity contribution >= 4 is 0 Å². The minimum atomic E-state index is 0.590. The van der Waals surface area contributed by atoms with Gasteiger partial charge in [-0.3, -0.25) is 0 Å². The summed E-state index contributed by atoms with van der Waals surface area (Å²) in [6.45, 7) is 13.5. The van der Waals surface area contributed by atoms with Crippen LogP contribution in [0.3, 0.4) is 0 Å². The summed E-state index contributed by atoms with van der Waals surface area (Å²) >= 11 is 0. The molecule has 20 heavy (non-hydrogen) atoms. The third-order valence-corrected chi connectivity index (χ3v) is 5.72. The molecule has 0 radical (unpaired) electrons. The largest absolute Gasteiger partial charge is 0.311 e. The van der Waals surface area contributed by atoms with Crippen molar-refractivity contribution in [1.82, 2.24) is 10.2 Å². The topological polar surface area (TPSA) is 15.3 Å². The number of nitrogens with one attached hydrogen (secondary N) is 1. The van der Waals surface area contributed by atoms with Crippen molar-refractivity contribution in [1.29, 1.82) is 0 Å². The molecule has 2 heteroatoms. The van der Waals surface area contributed by atoms with Crippen molar-refractivity contribution in [2.24, 2.45) is 11.3 Å². The van der Waals surface area contributed by atoms with Crippen LogP contribution in [0.1, 0.15) is 72.6 Å². The van der Waals surface area contributed by atoms with Crippen LogP contribution in [-0.2, 0) is 0 Å².